The number of rotatable bonds is 5. The predicted molar refractivity (Wildman–Crippen MR) is 77.1 cm³/mol. The van der Waals surface area contributed by atoms with Gasteiger partial charge in [-0.05, 0) is 31.2 Å². The van der Waals surface area contributed by atoms with E-state index in [4.69, 9.17) is 5.53 Å². The summed E-state index contributed by atoms with van der Waals surface area (Å²) in [6.45, 7) is 0. The Labute approximate surface area is 123 Å². The molecule has 0 aromatic heterocycles. The van der Waals surface area contributed by atoms with Gasteiger partial charge in [-0.2, -0.15) is 4.79 Å². The van der Waals surface area contributed by atoms with E-state index in [0.717, 1.165) is 24.0 Å². The van der Waals surface area contributed by atoms with Crippen molar-refractivity contribution in [3.8, 4) is 0 Å². The summed E-state index contributed by atoms with van der Waals surface area (Å²) in [5.74, 6) is -0.465. The number of carbonyl (C=O) groups excluding carboxylic acids is 2. The van der Waals surface area contributed by atoms with Crippen LogP contribution in [0.15, 0.2) is 24.3 Å². The highest BCUT2D eigenvalue weighted by Gasteiger charge is 2.28. The zero-order chi connectivity index (χ0) is 15.2. The van der Waals surface area contributed by atoms with Crippen LogP contribution in [0.4, 0.5) is 0 Å². The van der Waals surface area contributed by atoms with E-state index >= 15 is 0 Å². The quantitative estimate of drug-likeness (QED) is 0.361. The molecule has 1 aliphatic rings. The molecule has 0 spiro atoms. The van der Waals surface area contributed by atoms with Crippen LogP contribution < -0.4 is 0 Å². The summed E-state index contributed by atoms with van der Waals surface area (Å²) in [6, 6.07) is 7.70. The van der Waals surface area contributed by atoms with Crippen molar-refractivity contribution in [3.63, 3.8) is 0 Å². The number of carbonyl (C=O) groups is 2. The summed E-state index contributed by atoms with van der Waals surface area (Å²) in [5, 5.41) is 0. The molecule has 0 saturated heterocycles. The van der Waals surface area contributed by atoms with Crippen molar-refractivity contribution in [1.82, 2.24) is 0 Å². The van der Waals surface area contributed by atoms with Gasteiger partial charge in [-0.1, -0.05) is 24.3 Å². The highest BCUT2D eigenvalue weighted by molar-refractivity contribution is 6.33. The van der Waals surface area contributed by atoms with E-state index in [0.29, 0.717) is 19.3 Å². The lowest BCUT2D eigenvalue weighted by molar-refractivity contribution is -0.137. The second kappa shape index (κ2) is 6.95. The van der Waals surface area contributed by atoms with Crippen LogP contribution in [0.1, 0.15) is 41.6 Å². The fraction of sp³-hybridized carbons (Fsp3) is 0.438. The highest BCUT2D eigenvalue weighted by Crippen LogP contribution is 2.28. The standard InChI is InChI=1S/C16H18N2O3/c1-21-16(20)14(18-17)8-4-6-12-10-9-11-5-2-3-7-13(11)15(12)19/h2-3,5,7,12H,4,6,8-10H2,1H3/t12-/m0/s1. The van der Waals surface area contributed by atoms with Crippen molar-refractivity contribution in [2.75, 3.05) is 7.11 Å². The number of hydrogen-bond acceptors (Lipinski definition) is 3. The molecule has 0 heterocycles. The van der Waals surface area contributed by atoms with E-state index in [1.54, 1.807) is 0 Å². The molecular formula is C16H18N2O3. The molecule has 2 rings (SSSR count). The third-order valence-electron chi connectivity index (χ3n) is 3.92. The molecule has 1 aliphatic carbocycles. The van der Waals surface area contributed by atoms with Crippen molar-refractivity contribution >= 4 is 17.5 Å². The number of ether oxygens (including phenoxy) is 1. The van der Waals surface area contributed by atoms with Crippen molar-refractivity contribution in [1.29, 1.82) is 0 Å². The van der Waals surface area contributed by atoms with E-state index in [9.17, 15) is 9.59 Å². The maximum Gasteiger partial charge on any atom is 0.416 e. The third-order valence-corrected chi connectivity index (χ3v) is 3.92. The second-order valence-electron chi connectivity index (χ2n) is 5.19. The smallest absolute Gasteiger partial charge is 0.416 e. The normalized spacial score (nSPS) is 16.8. The first-order valence-electron chi connectivity index (χ1n) is 7.08. The molecule has 0 fully saturated rings. The van der Waals surface area contributed by atoms with E-state index in [1.807, 2.05) is 24.3 Å². The van der Waals surface area contributed by atoms with Crippen LogP contribution in [-0.4, -0.2) is 29.4 Å². The molecular weight excluding hydrogens is 268 g/mol. The number of aryl methyl sites for hydroxylation is 1. The molecule has 1 atom stereocenters. The molecule has 5 heteroatoms. The average Bonchev–Trinajstić information content (AvgIpc) is 2.53. The SMILES string of the molecule is COC(=O)C(CCC[C@H]1CCc2ccccc2C1=O)=[N+]=[N-]. The second-order valence-corrected chi connectivity index (χ2v) is 5.19. The van der Waals surface area contributed by atoms with Crippen LogP contribution in [0.25, 0.3) is 5.53 Å². The van der Waals surface area contributed by atoms with Gasteiger partial charge in [0.1, 0.15) is 0 Å². The first-order chi connectivity index (χ1) is 10.2. The third kappa shape index (κ3) is 3.44. The number of hydrogen-bond donors (Lipinski definition) is 0. The molecule has 0 unspecified atom stereocenters. The van der Waals surface area contributed by atoms with Crippen LogP contribution in [0.3, 0.4) is 0 Å². The Bertz CT molecular complexity index is 603. The molecule has 1 aromatic rings. The Morgan fingerprint density at radius 1 is 1.43 bits per heavy atom. The van der Waals surface area contributed by atoms with Crippen LogP contribution in [0.2, 0.25) is 0 Å². The number of Topliss-reactive ketones (excluding diaryl/α,β-unsaturated/α-hetero) is 1. The van der Waals surface area contributed by atoms with Gasteiger partial charge >= 0.3 is 11.7 Å². The number of esters is 1. The predicted octanol–water partition coefficient (Wildman–Crippen LogP) is 2.45. The fourth-order valence-electron chi connectivity index (χ4n) is 2.76. The van der Waals surface area contributed by atoms with Crippen molar-refractivity contribution in [2.45, 2.75) is 32.1 Å². The average molecular weight is 286 g/mol. The van der Waals surface area contributed by atoms with Gasteiger partial charge in [0.25, 0.3) is 0 Å². The molecule has 0 bridgehead atoms. The Morgan fingerprint density at radius 3 is 2.90 bits per heavy atom. The molecule has 5 nitrogen and oxygen atoms in total. The summed E-state index contributed by atoms with van der Waals surface area (Å²) in [5.41, 5.74) is 10.7. The minimum Gasteiger partial charge on any atom is -0.460 e. The lowest BCUT2D eigenvalue weighted by Crippen LogP contribution is -2.23. The van der Waals surface area contributed by atoms with Gasteiger partial charge in [-0.3, -0.25) is 4.79 Å². The minimum absolute atomic E-state index is 0.00107. The zero-order valence-corrected chi connectivity index (χ0v) is 12.0. The summed E-state index contributed by atoms with van der Waals surface area (Å²) in [7, 11) is 1.25. The summed E-state index contributed by atoms with van der Waals surface area (Å²) >= 11 is 0. The number of benzene rings is 1. The van der Waals surface area contributed by atoms with Gasteiger partial charge in [0.05, 0.1) is 13.5 Å². The van der Waals surface area contributed by atoms with Gasteiger partial charge in [0, 0.05) is 11.5 Å². The van der Waals surface area contributed by atoms with Crippen LogP contribution >= 0.6 is 0 Å². The maximum atomic E-state index is 12.4. The van der Waals surface area contributed by atoms with Crippen molar-refractivity contribution in [3.05, 3.63) is 40.9 Å². The Balaban J connectivity index is 1.92. The molecule has 21 heavy (non-hydrogen) atoms. The molecule has 0 aliphatic heterocycles. The summed E-state index contributed by atoms with van der Waals surface area (Å²) in [4.78, 5) is 26.6. The Morgan fingerprint density at radius 2 is 2.19 bits per heavy atom. The zero-order valence-electron chi connectivity index (χ0n) is 12.0. The van der Waals surface area contributed by atoms with E-state index in [2.05, 4.69) is 9.53 Å². The summed E-state index contributed by atoms with van der Waals surface area (Å²) < 4.78 is 4.52. The Kier molecular flexibility index (Phi) is 5.01. The molecule has 0 N–H and O–H groups in total. The number of fused-ring (bicyclic) bond motifs is 1. The van der Waals surface area contributed by atoms with E-state index in [1.165, 1.54) is 7.11 Å². The highest BCUT2D eigenvalue weighted by atomic mass is 16.5. The monoisotopic (exact) mass is 286 g/mol. The maximum absolute atomic E-state index is 12.4. The van der Waals surface area contributed by atoms with Gasteiger partial charge < -0.3 is 10.3 Å². The number of methoxy groups -OCH3 is 1. The van der Waals surface area contributed by atoms with Crippen LogP contribution in [0.5, 0.6) is 0 Å². The van der Waals surface area contributed by atoms with E-state index in [-0.39, 0.29) is 17.4 Å². The van der Waals surface area contributed by atoms with Crippen molar-refractivity contribution < 1.29 is 19.1 Å². The summed E-state index contributed by atoms with van der Waals surface area (Å²) in [6.07, 6.45) is 3.36. The first kappa shape index (κ1) is 15.1. The van der Waals surface area contributed by atoms with E-state index < -0.39 is 5.97 Å². The molecule has 110 valence electrons. The Hall–Kier alpha value is -2.26. The fourth-order valence-corrected chi connectivity index (χ4v) is 2.76. The lowest BCUT2D eigenvalue weighted by Gasteiger charge is -2.22. The largest absolute Gasteiger partial charge is 0.460 e. The lowest BCUT2D eigenvalue weighted by atomic mass is 9.80. The number of ketones is 1. The van der Waals surface area contributed by atoms with Gasteiger partial charge in [-0.15, -0.1) is 0 Å². The molecule has 0 radical (unpaired) electrons. The van der Waals surface area contributed by atoms with Crippen molar-refractivity contribution in [2.24, 2.45) is 5.92 Å². The minimum atomic E-state index is -0.627. The van der Waals surface area contributed by atoms with Crippen LogP contribution in [-0.2, 0) is 16.0 Å². The van der Waals surface area contributed by atoms with Crippen LogP contribution in [0, 0.1) is 5.92 Å². The molecule has 0 amide bonds. The first-order valence-corrected chi connectivity index (χ1v) is 7.08. The molecule has 1 aromatic carbocycles. The number of nitrogens with zero attached hydrogens (tertiary/aromatic N) is 2. The van der Waals surface area contributed by atoms with Gasteiger partial charge in [0.15, 0.2) is 5.78 Å². The topological polar surface area (TPSA) is 79.8 Å². The molecule has 0 saturated carbocycles. The van der Waals surface area contributed by atoms with Gasteiger partial charge in [0.2, 0.25) is 0 Å². The van der Waals surface area contributed by atoms with Gasteiger partial charge in [-0.25, -0.2) is 4.79 Å².